The van der Waals surface area contributed by atoms with Gasteiger partial charge in [0.05, 0.1) is 12.3 Å². The molecular formula is C21H26N2O3. The predicted molar refractivity (Wildman–Crippen MR) is 104 cm³/mol. The number of nitrogens with one attached hydrogen (secondary N) is 1. The molecule has 0 atom stereocenters. The number of anilines is 2. The summed E-state index contributed by atoms with van der Waals surface area (Å²) in [4.78, 5) is 30.6. The quantitative estimate of drug-likeness (QED) is 0.661. The summed E-state index contributed by atoms with van der Waals surface area (Å²) in [6.45, 7) is 10.2. The second kappa shape index (κ2) is 8.15. The number of hydroxylamine groups is 1. The van der Waals surface area contributed by atoms with E-state index in [1.54, 1.807) is 25.1 Å². The molecule has 26 heavy (non-hydrogen) atoms. The van der Waals surface area contributed by atoms with Crippen LogP contribution in [0.4, 0.5) is 11.4 Å². The molecule has 1 N–H and O–H groups in total. The number of rotatable bonds is 4. The average Bonchev–Trinajstić information content (AvgIpc) is 2.60. The largest absolute Gasteiger partial charge is 0.340 e. The maximum atomic E-state index is 12.7. The summed E-state index contributed by atoms with van der Waals surface area (Å²) in [6, 6.07) is 14.8. The van der Waals surface area contributed by atoms with Crippen LogP contribution < -0.4 is 10.4 Å². The normalized spacial score (nSPS) is 11.1. The molecule has 0 aliphatic heterocycles. The van der Waals surface area contributed by atoms with Gasteiger partial charge in [-0.1, -0.05) is 51.1 Å². The summed E-state index contributed by atoms with van der Waals surface area (Å²) in [5, 5.41) is 3.71. The molecule has 2 aromatic carbocycles. The molecule has 138 valence electrons. The first kappa shape index (κ1) is 19.7. The summed E-state index contributed by atoms with van der Waals surface area (Å²) in [5.74, 6) is -1.50. The van der Waals surface area contributed by atoms with Crippen LogP contribution in [-0.4, -0.2) is 18.4 Å². The van der Waals surface area contributed by atoms with Crippen molar-refractivity contribution in [2.24, 2.45) is 0 Å². The Morgan fingerprint density at radius 3 is 2.38 bits per heavy atom. The highest BCUT2D eigenvalue weighted by Crippen LogP contribution is 2.27. The fraction of sp³-hybridized carbons (Fsp3) is 0.333. The lowest BCUT2D eigenvalue weighted by molar-refractivity contribution is -0.139. The molecule has 2 rings (SSSR count). The lowest BCUT2D eigenvalue weighted by Crippen LogP contribution is -2.40. The van der Waals surface area contributed by atoms with Gasteiger partial charge < -0.3 is 5.32 Å². The van der Waals surface area contributed by atoms with E-state index >= 15 is 0 Å². The highest BCUT2D eigenvalue weighted by Gasteiger charge is 2.26. The Hall–Kier alpha value is -2.66. The van der Waals surface area contributed by atoms with Crippen LogP contribution in [0.1, 0.15) is 38.8 Å². The Morgan fingerprint density at radius 2 is 1.77 bits per heavy atom. The molecule has 0 unspecified atom stereocenters. The van der Waals surface area contributed by atoms with Crippen molar-refractivity contribution in [2.75, 3.05) is 17.0 Å². The van der Waals surface area contributed by atoms with Gasteiger partial charge in [-0.25, -0.2) is 0 Å². The second-order valence-corrected chi connectivity index (χ2v) is 7.09. The molecule has 2 amide bonds. The van der Waals surface area contributed by atoms with E-state index in [9.17, 15) is 9.59 Å². The molecule has 5 heteroatoms. The van der Waals surface area contributed by atoms with Crippen LogP contribution in [0.3, 0.4) is 0 Å². The number of aryl methyl sites for hydroxylation is 1. The number of amides is 2. The zero-order chi connectivity index (χ0) is 19.3. The molecule has 0 heterocycles. The topological polar surface area (TPSA) is 58.6 Å². The third-order valence-electron chi connectivity index (χ3n) is 3.98. The molecule has 0 spiro atoms. The van der Waals surface area contributed by atoms with Gasteiger partial charge in [0.1, 0.15) is 0 Å². The van der Waals surface area contributed by atoms with Crippen LogP contribution in [0.2, 0.25) is 0 Å². The first-order valence-electron chi connectivity index (χ1n) is 8.68. The molecule has 0 saturated carbocycles. The number of carbonyl (C=O) groups is 2. The molecule has 0 aromatic heterocycles. The van der Waals surface area contributed by atoms with Crippen molar-refractivity contribution in [3.05, 3.63) is 59.7 Å². The number of carbonyl (C=O) groups excluding carboxylic acids is 2. The van der Waals surface area contributed by atoms with E-state index in [1.807, 2.05) is 37.3 Å². The van der Waals surface area contributed by atoms with Gasteiger partial charge in [-0.15, -0.1) is 0 Å². The molecule has 0 fully saturated rings. The fourth-order valence-corrected chi connectivity index (χ4v) is 2.46. The summed E-state index contributed by atoms with van der Waals surface area (Å²) in [5.41, 5.74) is 2.98. The molecule has 0 radical (unpaired) electrons. The van der Waals surface area contributed by atoms with Crippen LogP contribution in [0.25, 0.3) is 0 Å². The standard InChI is InChI=1S/C21H26N2O3/c1-6-26-23(17-12-9-11-16(14-17)21(3,4)5)20(25)19(24)22-18-13-8-7-10-15(18)2/h7-14H,6H2,1-5H3,(H,22,24). The minimum atomic E-state index is -0.763. The molecule has 5 nitrogen and oxygen atoms in total. The molecular weight excluding hydrogens is 328 g/mol. The summed E-state index contributed by atoms with van der Waals surface area (Å²) >= 11 is 0. The lowest BCUT2D eigenvalue weighted by atomic mass is 9.87. The van der Waals surface area contributed by atoms with Crippen molar-refractivity contribution in [2.45, 2.75) is 40.0 Å². The van der Waals surface area contributed by atoms with E-state index in [0.29, 0.717) is 11.4 Å². The number of benzene rings is 2. The van der Waals surface area contributed by atoms with Gasteiger partial charge in [0.15, 0.2) is 0 Å². The van der Waals surface area contributed by atoms with E-state index in [4.69, 9.17) is 4.84 Å². The van der Waals surface area contributed by atoms with Gasteiger partial charge >= 0.3 is 11.8 Å². The van der Waals surface area contributed by atoms with Gasteiger partial charge in [0.25, 0.3) is 0 Å². The van der Waals surface area contributed by atoms with Crippen LogP contribution in [-0.2, 0) is 19.8 Å². The summed E-state index contributed by atoms with van der Waals surface area (Å²) < 4.78 is 0. The first-order valence-corrected chi connectivity index (χ1v) is 8.68. The zero-order valence-corrected chi connectivity index (χ0v) is 16.0. The Morgan fingerprint density at radius 1 is 1.08 bits per heavy atom. The monoisotopic (exact) mass is 354 g/mol. The minimum Gasteiger partial charge on any atom is -0.317 e. The van der Waals surface area contributed by atoms with Crippen molar-refractivity contribution < 1.29 is 14.4 Å². The highest BCUT2D eigenvalue weighted by atomic mass is 16.7. The third-order valence-corrected chi connectivity index (χ3v) is 3.98. The van der Waals surface area contributed by atoms with E-state index < -0.39 is 11.8 Å². The van der Waals surface area contributed by atoms with Crippen molar-refractivity contribution in [3.8, 4) is 0 Å². The van der Waals surface area contributed by atoms with E-state index in [0.717, 1.165) is 16.2 Å². The van der Waals surface area contributed by atoms with Gasteiger partial charge in [0.2, 0.25) is 0 Å². The predicted octanol–water partition coefficient (Wildman–Crippen LogP) is 4.22. The maximum Gasteiger partial charge on any atom is 0.340 e. The number of nitrogens with zero attached hydrogens (tertiary/aromatic N) is 1. The van der Waals surface area contributed by atoms with E-state index in [2.05, 4.69) is 26.1 Å². The number of hydrogen-bond acceptors (Lipinski definition) is 3. The van der Waals surface area contributed by atoms with E-state index in [1.165, 1.54) is 0 Å². The fourth-order valence-electron chi connectivity index (χ4n) is 2.46. The number of para-hydroxylation sites is 1. The molecule has 0 saturated heterocycles. The van der Waals surface area contributed by atoms with Crippen LogP contribution in [0.5, 0.6) is 0 Å². The third kappa shape index (κ3) is 4.70. The average molecular weight is 354 g/mol. The van der Waals surface area contributed by atoms with Gasteiger partial charge in [-0.2, -0.15) is 5.06 Å². The van der Waals surface area contributed by atoms with Crippen molar-refractivity contribution in [3.63, 3.8) is 0 Å². The van der Waals surface area contributed by atoms with Crippen molar-refractivity contribution in [1.29, 1.82) is 0 Å². The maximum absolute atomic E-state index is 12.7. The Labute approximate surface area is 154 Å². The Kier molecular flexibility index (Phi) is 6.16. The van der Waals surface area contributed by atoms with Crippen molar-refractivity contribution in [1.82, 2.24) is 0 Å². The number of hydrogen-bond donors (Lipinski definition) is 1. The van der Waals surface area contributed by atoms with E-state index in [-0.39, 0.29) is 12.0 Å². The molecule has 0 aliphatic rings. The molecule has 0 bridgehead atoms. The lowest BCUT2D eigenvalue weighted by Gasteiger charge is -2.24. The zero-order valence-electron chi connectivity index (χ0n) is 16.0. The summed E-state index contributed by atoms with van der Waals surface area (Å²) in [7, 11) is 0. The SMILES string of the molecule is CCON(C(=O)C(=O)Nc1ccccc1C)c1cccc(C(C)(C)C)c1. The van der Waals surface area contributed by atoms with Crippen LogP contribution in [0.15, 0.2) is 48.5 Å². The van der Waals surface area contributed by atoms with Crippen LogP contribution >= 0.6 is 0 Å². The Balaban J connectivity index is 2.27. The van der Waals surface area contributed by atoms with Gasteiger partial charge in [-0.05, 0) is 48.6 Å². The first-order chi connectivity index (χ1) is 12.2. The molecule has 0 aliphatic carbocycles. The highest BCUT2D eigenvalue weighted by molar-refractivity contribution is 6.43. The van der Waals surface area contributed by atoms with Gasteiger partial charge in [0, 0.05) is 5.69 Å². The second-order valence-electron chi connectivity index (χ2n) is 7.09. The smallest absolute Gasteiger partial charge is 0.317 e. The summed E-state index contributed by atoms with van der Waals surface area (Å²) in [6.07, 6.45) is 0. The minimum absolute atomic E-state index is 0.0830. The van der Waals surface area contributed by atoms with Gasteiger partial charge in [-0.3, -0.25) is 14.4 Å². The van der Waals surface area contributed by atoms with Crippen molar-refractivity contribution >= 4 is 23.2 Å². The Bertz CT molecular complexity index is 794. The molecule has 2 aromatic rings. The van der Waals surface area contributed by atoms with Crippen LogP contribution in [0, 0.1) is 6.92 Å².